The highest BCUT2D eigenvalue weighted by Gasteiger charge is 2.10. The van der Waals surface area contributed by atoms with E-state index in [1.54, 1.807) is 18.2 Å². The van der Waals surface area contributed by atoms with Crippen molar-refractivity contribution in [1.82, 2.24) is 0 Å². The summed E-state index contributed by atoms with van der Waals surface area (Å²) in [4.78, 5) is 10.9. The molecule has 0 amide bonds. The highest BCUT2D eigenvalue weighted by molar-refractivity contribution is 6.33. The van der Waals surface area contributed by atoms with Crippen LogP contribution in [0.1, 0.15) is 30.1 Å². The van der Waals surface area contributed by atoms with Crippen LogP contribution < -0.4 is 5.32 Å². The lowest BCUT2D eigenvalue weighted by atomic mass is 10.1. The highest BCUT2D eigenvalue weighted by Crippen LogP contribution is 2.21. The molecule has 3 nitrogen and oxygen atoms in total. The molecule has 1 rings (SSSR count). The number of anilines is 1. The van der Waals surface area contributed by atoms with Gasteiger partial charge in [-0.3, -0.25) is 0 Å². The summed E-state index contributed by atoms with van der Waals surface area (Å²) in [6.07, 6.45) is 3.74. The summed E-state index contributed by atoms with van der Waals surface area (Å²) in [6.45, 7) is 5.71. The van der Waals surface area contributed by atoms with Gasteiger partial charge < -0.3 is 10.4 Å². The Morgan fingerprint density at radius 1 is 1.65 bits per heavy atom. The number of carboxylic acids is 1. The minimum absolute atomic E-state index is 0.118. The minimum atomic E-state index is -1.02. The van der Waals surface area contributed by atoms with Crippen molar-refractivity contribution in [1.29, 1.82) is 0 Å². The van der Waals surface area contributed by atoms with E-state index in [9.17, 15) is 4.79 Å². The molecule has 0 fully saturated rings. The number of nitrogens with one attached hydrogen (secondary N) is 1. The summed E-state index contributed by atoms with van der Waals surface area (Å²) in [5.74, 6) is -1.02. The number of carbonyl (C=O) groups is 1. The fourth-order valence-electron chi connectivity index (χ4n) is 1.50. The Morgan fingerprint density at radius 3 is 2.94 bits per heavy atom. The smallest absolute Gasteiger partial charge is 0.337 e. The first-order chi connectivity index (χ1) is 8.04. The van der Waals surface area contributed by atoms with Gasteiger partial charge in [-0.15, -0.1) is 6.58 Å². The zero-order valence-electron chi connectivity index (χ0n) is 9.74. The Balaban J connectivity index is 2.75. The summed E-state index contributed by atoms with van der Waals surface area (Å²) in [7, 11) is 0. The standard InChI is InChI=1S/C13H16ClNO2/c1-3-4-5-9(2)15-10-6-7-12(14)11(8-10)13(16)17/h3,6-9,15H,1,4-5H2,2H3,(H,16,17). The van der Waals surface area contributed by atoms with Crippen LogP contribution in [-0.4, -0.2) is 17.1 Å². The fourth-order valence-corrected chi connectivity index (χ4v) is 1.70. The SMILES string of the molecule is C=CCCC(C)Nc1ccc(Cl)c(C(=O)O)c1. The van der Waals surface area contributed by atoms with Gasteiger partial charge in [0.25, 0.3) is 0 Å². The van der Waals surface area contributed by atoms with E-state index in [2.05, 4.69) is 11.9 Å². The molecular weight excluding hydrogens is 238 g/mol. The number of allylic oxidation sites excluding steroid dienone is 1. The maximum atomic E-state index is 10.9. The molecule has 0 radical (unpaired) electrons. The van der Waals surface area contributed by atoms with Gasteiger partial charge in [-0.05, 0) is 38.0 Å². The topological polar surface area (TPSA) is 49.3 Å². The van der Waals surface area contributed by atoms with Gasteiger partial charge in [0.05, 0.1) is 10.6 Å². The molecule has 0 aliphatic rings. The zero-order valence-corrected chi connectivity index (χ0v) is 10.5. The predicted octanol–water partition coefficient (Wildman–Crippen LogP) is 3.80. The maximum absolute atomic E-state index is 10.9. The number of aromatic carboxylic acids is 1. The molecule has 1 atom stereocenters. The molecule has 0 heterocycles. The monoisotopic (exact) mass is 253 g/mol. The third-order valence-corrected chi connectivity index (χ3v) is 2.74. The van der Waals surface area contributed by atoms with Crippen LogP contribution in [-0.2, 0) is 0 Å². The van der Waals surface area contributed by atoms with Crippen molar-refractivity contribution in [2.75, 3.05) is 5.32 Å². The molecule has 1 aromatic carbocycles. The van der Waals surface area contributed by atoms with E-state index >= 15 is 0 Å². The van der Waals surface area contributed by atoms with Crippen LogP contribution in [0.2, 0.25) is 5.02 Å². The van der Waals surface area contributed by atoms with E-state index in [-0.39, 0.29) is 16.6 Å². The fraction of sp³-hybridized carbons (Fsp3) is 0.308. The van der Waals surface area contributed by atoms with Gasteiger partial charge in [-0.2, -0.15) is 0 Å². The first kappa shape index (κ1) is 13.6. The minimum Gasteiger partial charge on any atom is -0.478 e. The average molecular weight is 254 g/mol. The maximum Gasteiger partial charge on any atom is 0.337 e. The Kier molecular flexibility index (Phi) is 5.04. The summed E-state index contributed by atoms with van der Waals surface area (Å²) in [5.41, 5.74) is 0.885. The van der Waals surface area contributed by atoms with Crippen LogP contribution in [0, 0.1) is 0 Å². The van der Waals surface area contributed by atoms with Crippen molar-refractivity contribution in [2.45, 2.75) is 25.8 Å². The summed E-state index contributed by atoms with van der Waals surface area (Å²) in [5, 5.41) is 12.4. The lowest BCUT2D eigenvalue weighted by Gasteiger charge is -2.15. The largest absolute Gasteiger partial charge is 0.478 e. The van der Waals surface area contributed by atoms with E-state index in [1.165, 1.54) is 0 Å². The van der Waals surface area contributed by atoms with Crippen LogP contribution in [0.25, 0.3) is 0 Å². The van der Waals surface area contributed by atoms with Crippen molar-refractivity contribution in [3.63, 3.8) is 0 Å². The number of carboxylic acid groups (broad SMARTS) is 1. The summed E-state index contributed by atoms with van der Waals surface area (Å²) >= 11 is 5.79. The number of benzene rings is 1. The van der Waals surface area contributed by atoms with Crippen molar-refractivity contribution in [3.8, 4) is 0 Å². The Labute approximate surface area is 106 Å². The zero-order chi connectivity index (χ0) is 12.8. The number of hydrogen-bond donors (Lipinski definition) is 2. The second kappa shape index (κ2) is 6.30. The van der Waals surface area contributed by atoms with Crippen LogP contribution in [0.5, 0.6) is 0 Å². The molecule has 0 saturated heterocycles. The molecule has 0 aromatic heterocycles. The molecule has 92 valence electrons. The van der Waals surface area contributed by atoms with Gasteiger partial charge in [0.1, 0.15) is 0 Å². The average Bonchev–Trinajstić information content (AvgIpc) is 2.28. The molecule has 0 saturated carbocycles. The van der Waals surface area contributed by atoms with E-state index in [0.29, 0.717) is 0 Å². The number of halogens is 1. The van der Waals surface area contributed by atoms with Gasteiger partial charge in [-0.1, -0.05) is 17.7 Å². The second-order valence-corrected chi connectivity index (χ2v) is 4.32. The van der Waals surface area contributed by atoms with Crippen LogP contribution >= 0.6 is 11.6 Å². The summed E-state index contributed by atoms with van der Waals surface area (Å²) < 4.78 is 0. The second-order valence-electron chi connectivity index (χ2n) is 3.91. The lowest BCUT2D eigenvalue weighted by molar-refractivity contribution is 0.0697. The van der Waals surface area contributed by atoms with Crippen molar-refractivity contribution < 1.29 is 9.90 Å². The van der Waals surface area contributed by atoms with E-state index in [1.807, 2.05) is 13.0 Å². The van der Waals surface area contributed by atoms with Gasteiger partial charge >= 0.3 is 5.97 Å². The third-order valence-electron chi connectivity index (χ3n) is 2.41. The third kappa shape index (κ3) is 4.11. The molecule has 0 spiro atoms. The number of rotatable bonds is 6. The highest BCUT2D eigenvalue weighted by atomic mass is 35.5. The van der Waals surface area contributed by atoms with Crippen molar-refractivity contribution in [3.05, 3.63) is 41.4 Å². The molecular formula is C13H16ClNO2. The van der Waals surface area contributed by atoms with E-state index in [0.717, 1.165) is 18.5 Å². The van der Waals surface area contributed by atoms with Gasteiger partial charge in [0.2, 0.25) is 0 Å². The Hall–Kier alpha value is -1.48. The number of hydrogen-bond acceptors (Lipinski definition) is 2. The van der Waals surface area contributed by atoms with Crippen LogP contribution in [0.15, 0.2) is 30.9 Å². The van der Waals surface area contributed by atoms with Gasteiger partial charge in [-0.25, -0.2) is 4.79 Å². The predicted molar refractivity (Wildman–Crippen MR) is 70.9 cm³/mol. The molecule has 2 N–H and O–H groups in total. The molecule has 4 heteroatoms. The molecule has 0 aliphatic carbocycles. The van der Waals surface area contributed by atoms with Crippen LogP contribution in [0.4, 0.5) is 5.69 Å². The van der Waals surface area contributed by atoms with Gasteiger partial charge in [0.15, 0.2) is 0 Å². The van der Waals surface area contributed by atoms with Gasteiger partial charge in [0, 0.05) is 11.7 Å². The first-order valence-electron chi connectivity index (χ1n) is 5.45. The van der Waals surface area contributed by atoms with Crippen LogP contribution in [0.3, 0.4) is 0 Å². The Bertz CT molecular complexity index is 418. The molecule has 1 unspecified atom stereocenters. The molecule has 0 bridgehead atoms. The molecule has 17 heavy (non-hydrogen) atoms. The van der Waals surface area contributed by atoms with E-state index in [4.69, 9.17) is 16.7 Å². The Morgan fingerprint density at radius 2 is 2.35 bits per heavy atom. The lowest BCUT2D eigenvalue weighted by Crippen LogP contribution is -2.15. The van der Waals surface area contributed by atoms with E-state index < -0.39 is 5.97 Å². The first-order valence-corrected chi connectivity index (χ1v) is 5.82. The van der Waals surface area contributed by atoms with Crippen molar-refractivity contribution in [2.24, 2.45) is 0 Å². The molecule has 1 aromatic rings. The normalized spacial score (nSPS) is 11.9. The quantitative estimate of drug-likeness (QED) is 0.758. The summed E-state index contributed by atoms with van der Waals surface area (Å²) in [6, 6.07) is 5.18. The molecule has 0 aliphatic heterocycles. The van der Waals surface area contributed by atoms with Crippen molar-refractivity contribution >= 4 is 23.3 Å².